The quantitative estimate of drug-likeness (QED) is 0.621. The molecule has 0 saturated heterocycles. The number of nitriles is 1. The molecule has 0 aromatic rings. The molecule has 0 aromatic carbocycles. The Morgan fingerprint density at radius 1 is 1.50 bits per heavy atom. The van der Waals surface area contributed by atoms with E-state index < -0.39 is 0 Å². The fraction of sp³-hybridized carbons (Fsp3) is 0.818. The zero-order valence-electron chi connectivity index (χ0n) is 8.57. The van der Waals surface area contributed by atoms with Crippen molar-refractivity contribution in [3.63, 3.8) is 0 Å². The standard InChI is InChI=1S/C11H16N2O/c1-13(5-4-12)11(14)10-7-8-2-3-9(10)6-8/h8-10H,2-3,5-7H2,1H3. The minimum atomic E-state index is 0.193. The van der Waals surface area contributed by atoms with E-state index in [0.717, 1.165) is 12.3 Å². The van der Waals surface area contributed by atoms with Crippen LogP contribution in [0.4, 0.5) is 0 Å². The number of amides is 1. The van der Waals surface area contributed by atoms with Gasteiger partial charge in [0.05, 0.1) is 6.07 Å². The molecule has 14 heavy (non-hydrogen) atoms. The van der Waals surface area contributed by atoms with Crippen molar-refractivity contribution in [2.24, 2.45) is 17.8 Å². The van der Waals surface area contributed by atoms with Gasteiger partial charge in [0, 0.05) is 13.0 Å². The van der Waals surface area contributed by atoms with Gasteiger partial charge in [-0.2, -0.15) is 5.26 Å². The predicted octanol–water partition coefficient (Wildman–Crippen LogP) is 1.40. The molecular formula is C11H16N2O. The van der Waals surface area contributed by atoms with Crippen LogP contribution in [0.1, 0.15) is 25.7 Å². The van der Waals surface area contributed by atoms with E-state index in [2.05, 4.69) is 0 Å². The number of carbonyl (C=O) groups is 1. The number of hydrogen-bond donors (Lipinski definition) is 0. The van der Waals surface area contributed by atoms with Gasteiger partial charge in [-0.25, -0.2) is 0 Å². The van der Waals surface area contributed by atoms with Gasteiger partial charge < -0.3 is 4.90 Å². The maximum Gasteiger partial charge on any atom is 0.226 e. The summed E-state index contributed by atoms with van der Waals surface area (Å²) in [4.78, 5) is 13.5. The molecule has 76 valence electrons. The van der Waals surface area contributed by atoms with Crippen molar-refractivity contribution in [1.82, 2.24) is 4.90 Å². The van der Waals surface area contributed by atoms with Gasteiger partial charge in [0.15, 0.2) is 0 Å². The molecule has 2 saturated carbocycles. The average Bonchev–Trinajstić information content (AvgIpc) is 2.77. The molecule has 2 rings (SSSR count). The lowest BCUT2D eigenvalue weighted by Gasteiger charge is -2.24. The Hall–Kier alpha value is -1.04. The summed E-state index contributed by atoms with van der Waals surface area (Å²) < 4.78 is 0. The van der Waals surface area contributed by atoms with E-state index in [1.54, 1.807) is 11.9 Å². The van der Waals surface area contributed by atoms with E-state index in [0.29, 0.717) is 5.92 Å². The molecule has 2 aliphatic rings. The molecule has 3 atom stereocenters. The third-order valence-electron chi connectivity index (χ3n) is 3.74. The molecule has 0 N–H and O–H groups in total. The first-order chi connectivity index (χ1) is 6.72. The van der Waals surface area contributed by atoms with Gasteiger partial charge in [-0.1, -0.05) is 6.42 Å². The zero-order chi connectivity index (χ0) is 10.1. The van der Waals surface area contributed by atoms with Crippen LogP contribution in [-0.2, 0) is 4.79 Å². The van der Waals surface area contributed by atoms with Gasteiger partial charge >= 0.3 is 0 Å². The van der Waals surface area contributed by atoms with Crippen LogP contribution in [0.5, 0.6) is 0 Å². The summed E-state index contributed by atoms with van der Waals surface area (Å²) >= 11 is 0. The van der Waals surface area contributed by atoms with Crippen LogP contribution in [0.3, 0.4) is 0 Å². The number of hydrogen-bond acceptors (Lipinski definition) is 2. The molecule has 0 heterocycles. The zero-order valence-corrected chi connectivity index (χ0v) is 8.57. The molecule has 2 fully saturated rings. The molecule has 2 bridgehead atoms. The van der Waals surface area contributed by atoms with E-state index in [-0.39, 0.29) is 18.4 Å². The van der Waals surface area contributed by atoms with Crippen molar-refractivity contribution in [2.75, 3.05) is 13.6 Å². The monoisotopic (exact) mass is 192 g/mol. The lowest BCUT2D eigenvalue weighted by atomic mass is 9.88. The van der Waals surface area contributed by atoms with Gasteiger partial charge in [-0.05, 0) is 31.1 Å². The molecule has 3 unspecified atom stereocenters. The van der Waals surface area contributed by atoms with Crippen LogP contribution in [0.25, 0.3) is 0 Å². The number of rotatable bonds is 2. The summed E-state index contributed by atoms with van der Waals surface area (Å²) in [5.74, 6) is 1.84. The second kappa shape index (κ2) is 3.61. The Balaban J connectivity index is 1.96. The predicted molar refractivity (Wildman–Crippen MR) is 52.2 cm³/mol. The number of fused-ring (bicyclic) bond motifs is 2. The second-order valence-corrected chi connectivity index (χ2v) is 4.63. The number of nitrogens with zero attached hydrogens (tertiary/aromatic N) is 2. The van der Waals surface area contributed by atoms with Gasteiger partial charge in [0.25, 0.3) is 0 Å². The molecule has 1 amide bonds. The van der Waals surface area contributed by atoms with Crippen molar-refractivity contribution in [3.8, 4) is 6.07 Å². The SMILES string of the molecule is CN(CC#N)C(=O)C1CC2CCC1C2. The molecule has 2 aliphatic carbocycles. The molecule has 0 aromatic heterocycles. The first-order valence-corrected chi connectivity index (χ1v) is 5.34. The average molecular weight is 192 g/mol. The first kappa shape index (κ1) is 9.51. The Bertz CT molecular complexity index is 282. The van der Waals surface area contributed by atoms with Crippen molar-refractivity contribution in [3.05, 3.63) is 0 Å². The summed E-state index contributed by atoms with van der Waals surface area (Å²) in [6.07, 6.45) is 4.86. The third kappa shape index (κ3) is 1.50. The third-order valence-corrected chi connectivity index (χ3v) is 3.74. The minimum absolute atomic E-state index is 0.193. The Kier molecular flexibility index (Phi) is 2.45. The van der Waals surface area contributed by atoms with Crippen LogP contribution in [0.2, 0.25) is 0 Å². The molecule has 3 heteroatoms. The minimum Gasteiger partial charge on any atom is -0.332 e. The Labute approximate surface area is 84.7 Å². The molecule has 0 spiro atoms. The van der Waals surface area contributed by atoms with Crippen LogP contribution < -0.4 is 0 Å². The van der Waals surface area contributed by atoms with Crippen LogP contribution >= 0.6 is 0 Å². The van der Waals surface area contributed by atoms with E-state index in [4.69, 9.17) is 5.26 Å². The van der Waals surface area contributed by atoms with Gasteiger partial charge in [0.2, 0.25) is 5.91 Å². The molecule has 0 aliphatic heterocycles. The van der Waals surface area contributed by atoms with Crippen molar-refractivity contribution < 1.29 is 4.79 Å². The number of carbonyl (C=O) groups excluding carboxylic acids is 1. The molecule has 0 radical (unpaired) electrons. The van der Waals surface area contributed by atoms with Crippen molar-refractivity contribution >= 4 is 5.91 Å². The highest BCUT2D eigenvalue weighted by atomic mass is 16.2. The van der Waals surface area contributed by atoms with Crippen molar-refractivity contribution in [1.29, 1.82) is 5.26 Å². The van der Waals surface area contributed by atoms with Gasteiger partial charge in [-0.15, -0.1) is 0 Å². The van der Waals surface area contributed by atoms with Crippen LogP contribution in [0.15, 0.2) is 0 Å². The summed E-state index contributed by atoms with van der Waals surface area (Å²) in [7, 11) is 1.73. The normalized spacial score (nSPS) is 34.1. The Morgan fingerprint density at radius 3 is 2.79 bits per heavy atom. The maximum atomic E-state index is 11.9. The smallest absolute Gasteiger partial charge is 0.226 e. The lowest BCUT2D eigenvalue weighted by Crippen LogP contribution is -2.35. The summed E-state index contributed by atoms with van der Waals surface area (Å²) in [5, 5.41) is 8.52. The van der Waals surface area contributed by atoms with Crippen LogP contribution in [-0.4, -0.2) is 24.4 Å². The molecular weight excluding hydrogens is 176 g/mol. The molecule has 3 nitrogen and oxygen atoms in total. The highest BCUT2D eigenvalue weighted by Gasteiger charge is 2.43. The van der Waals surface area contributed by atoms with Crippen molar-refractivity contribution in [2.45, 2.75) is 25.7 Å². The van der Waals surface area contributed by atoms with E-state index in [1.165, 1.54) is 19.3 Å². The summed E-state index contributed by atoms with van der Waals surface area (Å²) in [5.41, 5.74) is 0. The maximum absolute atomic E-state index is 11.9. The Morgan fingerprint density at radius 2 is 2.29 bits per heavy atom. The summed E-state index contributed by atoms with van der Waals surface area (Å²) in [6.45, 7) is 0.229. The fourth-order valence-electron chi connectivity index (χ4n) is 3.01. The summed E-state index contributed by atoms with van der Waals surface area (Å²) in [6, 6.07) is 2.02. The van der Waals surface area contributed by atoms with E-state index in [1.807, 2.05) is 6.07 Å². The van der Waals surface area contributed by atoms with E-state index in [9.17, 15) is 4.79 Å². The topological polar surface area (TPSA) is 44.1 Å². The fourth-order valence-corrected chi connectivity index (χ4v) is 3.01. The van der Waals surface area contributed by atoms with Crippen LogP contribution in [0, 0.1) is 29.1 Å². The van der Waals surface area contributed by atoms with Gasteiger partial charge in [-0.3, -0.25) is 4.79 Å². The van der Waals surface area contributed by atoms with Gasteiger partial charge in [0.1, 0.15) is 6.54 Å². The lowest BCUT2D eigenvalue weighted by molar-refractivity contribution is -0.135. The second-order valence-electron chi connectivity index (χ2n) is 4.63. The highest BCUT2D eigenvalue weighted by molar-refractivity contribution is 5.79. The first-order valence-electron chi connectivity index (χ1n) is 5.34. The highest BCUT2D eigenvalue weighted by Crippen LogP contribution is 2.48. The largest absolute Gasteiger partial charge is 0.332 e. The van der Waals surface area contributed by atoms with E-state index >= 15 is 0 Å².